The van der Waals surface area contributed by atoms with Gasteiger partial charge in [-0.25, -0.2) is 4.98 Å². The number of likely N-dealkylation sites (tertiary alicyclic amines) is 1. The Balaban J connectivity index is 1.34. The Bertz CT molecular complexity index is 722. The molecule has 4 rings (SSSR count). The number of carbonyl (C=O) groups is 1. The second-order valence-electron chi connectivity index (χ2n) is 7.01. The Labute approximate surface area is 141 Å². The number of rotatable bonds is 5. The van der Waals surface area contributed by atoms with Crippen LogP contribution in [0, 0.1) is 5.92 Å². The van der Waals surface area contributed by atoms with Crippen molar-refractivity contribution in [1.29, 1.82) is 0 Å². The topological polar surface area (TPSA) is 63.9 Å². The van der Waals surface area contributed by atoms with E-state index in [0.29, 0.717) is 18.3 Å². The number of hydrogen-bond acceptors (Lipinski definition) is 4. The quantitative estimate of drug-likeness (QED) is 0.840. The number of aromatic nitrogens is 4. The summed E-state index contributed by atoms with van der Waals surface area (Å²) < 4.78 is 1.77. The molecule has 0 aromatic carbocycles. The van der Waals surface area contributed by atoms with Gasteiger partial charge in [0.1, 0.15) is 5.82 Å². The average molecular weight is 325 g/mol. The first kappa shape index (κ1) is 15.3. The molecule has 2 aromatic rings. The lowest BCUT2D eigenvalue weighted by Crippen LogP contribution is -2.31. The van der Waals surface area contributed by atoms with Crippen molar-refractivity contribution in [3.8, 4) is 0 Å². The maximum Gasteiger partial charge on any atom is 0.230 e. The molecule has 2 fully saturated rings. The van der Waals surface area contributed by atoms with Gasteiger partial charge in [-0.1, -0.05) is 0 Å². The minimum absolute atomic E-state index is 0.171. The summed E-state index contributed by atoms with van der Waals surface area (Å²) in [5.41, 5.74) is 1.30. The lowest BCUT2D eigenvalue weighted by Gasteiger charge is -2.16. The molecule has 1 atom stereocenters. The molecule has 2 aromatic heterocycles. The fraction of sp³-hybridized carbons (Fsp3) is 0.556. The van der Waals surface area contributed by atoms with E-state index in [-0.39, 0.29) is 5.91 Å². The maximum atomic E-state index is 12.6. The van der Waals surface area contributed by atoms with Gasteiger partial charge in [-0.2, -0.15) is 5.10 Å². The van der Waals surface area contributed by atoms with Crippen molar-refractivity contribution < 1.29 is 4.79 Å². The van der Waals surface area contributed by atoms with Gasteiger partial charge in [0.2, 0.25) is 5.91 Å². The average Bonchev–Trinajstić information content (AvgIpc) is 3.23. The fourth-order valence-electron chi connectivity index (χ4n) is 3.43. The third-order valence-electron chi connectivity index (χ3n) is 5.03. The van der Waals surface area contributed by atoms with Crippen LogP contribution in [-0.4, -0.2) is 43.6 Å². The van der Waals surface area contributed by atoms with Gasteiger partial charge in [0.15, 0.2) is 5.82 Å². The second kappa shape index (κ2) is 6.34. The molecule has 1 aliphatic heterocycles. The van der Waals surface area contributed by atoms with Gasteiger partial charge >= 0.3 is 0 Å². The highest BCUT2D eigenvalue weighted by Gasteiger charge is 2.30. The Morgan fingerprint density at radius 2 is 2.04 bits per heavy atom. The summed E-state index contributed by atoms with van der Waals surface area (Å²) in [5.74, 6) is 2.94. The van der Waals surface area contributed by atoms with Gasteiger partial charge in [-0.15, -0.1) is 0 Å². The molecule has 126 valence electrons. The van der Waals surface area contributed by atoms with Crippen molar-refractivity contribution in [2.75, 3.05) is 13.1 Å². The van der Waals surface area contributed by atoms with Crippen LogP contribution in [0.1, 0.15) is 42.4 Å². The molecule has 6 nitrogen and oxygen atoms in total. The largest absolute Gasteiger partial charge is 0.342 e. The highest BCUT2D eigenvalue weighted by atomic mass is 16.2. The predicted molar refractivity (Wildman–Crippen MR) is 89.3 cm³/mol. The van der Waals surface area contributed by atoms with Gasteiger partial charge in [0.25, 0.3) is 0 Å². The summed E-state index contributed by atoms with van der Waals surface area (Å²) in [6.07, 6.45) is 8.47. The van der Waals surface area contributed by atoms with Crippen LogP contribution in [0.25, 0.3) is 0 Å². The Morgan fingerprint density at radius 3 is 2.79 bits per heavy atom. The van der Waals surface area contributed by atoms with E-state index in [1.54, 1.807) is 4.68 Å². The zero-order valence-corrected chi connectivity index (χ0v) is 14.1. The summed E-state index contributed by atoms with van der Waals surface area (Å²) in [7, 11) is 1.89. The van der Waals surface area contributed by atoms with Crippen LogP contribution in [0.2, 0.25) is 0 Å². The molecule has 2 aliphatic rings. The van der Waals surface area contributed by atoms with E-state index in [1.807, 2.05) is 24.3 Å². The van der Waals surface area contributed by atoms with Crippen molar-refractivity contribution in [1.82, 2.24) is 24.6 Å². The van der Waals surface area contributed by atoms with Gasteiger partial charge in [-0.05, 0) is 49.3 Å². The van der Waals surface area contributed by atoms with Gasteiger partial charge in [0, 0.05) is 38.4 Å². The lowest BCUT2D eigenvalue weighted by atomic mass is 10.00. The normalized spacial score (nSPS) is 20.5. The van der Waals surface area contributed by atoms with Gasteiger partial charge < -0.3 is 4.90 Å². The zero-order chi connectivity index (χ0) is 16.5. The first-order valence-corrected chi connectivity index (χ1v) is 8.75. The fourth-order valence-corrected chi connectivity index (χ4v) is 3.43. The summed E-state index contributed by atoms with van der Waals surface area (Å²) in [6, 6.07) is 4.12. The molecule has 6 heteroatoms. The summed E-state index contributed by atoms with van der Waals surface area (Å²) >= 11 is 0. The smallest absolute Gasteiger partial charge is 0.230 e. The molecule has 3 heterocycles. The molecular formula is C18H23N5O. The number of hydrogen-bond donors (Lipinski definition) is 0. The molecule has 1 saturated heterocycles. The first-order valence-electron chi connectivity index (χ1n) is 8.75. The van der Waals surface area contributed by atoms with E-state index < -0.39 is 0 Å². The molecule has 1 aliphatic carbocycles. The molecule has 1 saturated carbocycles. The van der Waals surface area contributed by atoms with Crippen LogP contribution >= 0.6 is 0 Å². The van der Waals surface area contributed by atoms with E-state index >= 15 is 0 Å². The van der Waals surface area contributed by atoms with Crippen LogP contribution in [0.5, 0.6) is 0 Å². The standard InChI is InChI=1S/C18H23N5O/c1-22-16(20-18(21-22)15-2-3-15)11-17(24)23-9-6-14(12-23)10-13-4-7-19-8-5-13/h4-5,7-8,14-15H,2-3,6,9-12H2,1H3. The maximum absolute atomic E-state index is 12.6. The minimum atomic E-state index is 0.171. The van der Waals surface area contributed by atoms with Crippen LogP contribution < -0.4 is 0 Å². The molecule has 0 spiro atoms. The van der Waals surface area contributed by atoms with E-state index in [0.717, 1.165) is 37.6 Å². The van der Waals surface area contributed by atoms with E-state index in [9.17, 15) is 4.79 Å². The third kappa shape index (κ3) is 3.32. The molecule has 0 N–H and O–H groups in total. The van der Waals surface area contributed by atoms with Crippen molar-refractivity contribution in [3.63, 3.8) is 0 Å². The molecule has 24 heavy (non-hydrogen) atoms. The van der Waals surface area contributed by atoms with Crippen LogP contribution in [0.4, 0.5) is 0 Å². The summed E-state index contributed by atoms with van der Waals surface area (Å²) in [4.78, 5) is 23.2. The zero-order valence-electron chi connectivity index (χ0n) is 14.1. The third-order valence-corrected chi connectivity index (χ3v) is 5.03. The number of carbonyl (C=O) groups excluding carboxylic acids is 1. The minimum Gasteiger partial charge on any atom is -0.342 e. The number of amides is 1. The Morgan fingerprint density at radius 1 is 1.25 bits per heavy atom. The number of aryl methyl sites for hydroxylation is 1. The Hall–Kier alpha value is -2.24. The number of pyridine rings is 1. The number of nitrogens with zero attached hydrogens (tertiary/aromatic N) is 5. The molecular weight excluding hydrogens is 302 g/mol. The summed E-state index contributed by atoms with van der Waals surface area (Å²) in [5, 5.41) is 4.45. The van der Waals surface area contributed by atoms with Crippen molar-refractivity contribution in [2.45, 2.75) is 38.0 Å². The van der Waals surface area contributed by atoms with E-state index in [1.165, 1.54) is 18.4 Å². The monoisotopic (exact) mass is 325 g/mol. The van der Waals surface area contributed by atoms with E-state index in [4.69, 9.17) is 0 Å². The van der Waals surface area contributed by atoms with Crippen molar-refractivity contribution >= 4 is 5.91 Å². The van der Waals surface area contributed by atoms with Gasteiger partial charge in [-0.3, -0.25) is 14.5 Å². The SMILES string of the molecule is Cn1nc(C2CC2)nc1CC(=O)N1CCC(Cc2ccncc2)C1. The Kier molecular flexibility index (Phi) is 4.04. The predicted octanol–water partition coefficient (Wildman–Crippen LogP) is 1.72. The van der Waals surface area contributed by atoms with Crippen LogP contribution in [-0.2, 0) is 24.7 Å². The van der Waals surface area contributed by atoms with E-state index in [2.05, 4.69) is 27.2 Å². The van der Waals surface area contributed by atoms with Crippen molar-refractivity contribution in [2.24, 2.45) is 13.0 Å². The molecule has 1 amide bonds. The second-order valence-corrected chi connectivity index (χ2v) is 7.01. The van der Waals surface area contributed by atoms with Crippen LogP contribution in [0.3, 0.4) is 0 Å². The summed E-state index contributed by atoms with van der Waals surface area (Å²) in [6.45, 7) is 1.69. The van der Waals surface area contributed by atoms with Gasteiger partial charge in [0.05, 0.1) is 6.42 Å². The van der Waals surface area contributed by atoms with Crippen molar-refractivity contribution in [3.05, 3.63) is 41.7 Å². The lowest BCUT2D eigenvalue weighted by molar-refractivity contribution is -0.129. The molecule has 0 radical (unpaired) electrons. The first-order chi connectivity index (χ1) is 11.7. The van der Waals surface area contributed by atoms with Crippen LogP contribution in [0.15, 0.2) is 24.5 Å². The molecule has 1 unspecified atom stereocenters. The highest BCUT2D eigenvalue weighted by Crippen LogP contribution is 2.38. The molecule has 0 bridgehead atoms. The highest BCUT2D eigenvalue weighted by molar-refractivity contribution is 5.78.